The molecule has 0 N–H and O–H groups in total. The Morgan fingerprint density at radius 1 is 1.15 bits per heavy atom. The van der Waals surface area contributed by atoms with E-state index in [2.05, 4.69) is 31.9 Å². The Morgan fingerprint density at radius 3 is 2.31 bits per heavy atom. The van der Waals surface area contributed by atoms with Crippen molar-refractivity contribution in [3.63, 3.8) is 0 Å². The summed E-state index contributed by atoms with van der Waals surface area (Å²) in [6.07, 6.45) is 5.10. The van der Waals surface area contributed by atoms with Crippen molar-refractivity contribution < 1.29 is 4.79 Å². The number of hydrogen-bond donors (Lipinski definition) is 0. The van der Waals surface area contributed by atoms with Crippen LogP contribution in [0.4, 0.5) is 0 Å². The summed E-state index contributed by atoms with van der Waals surface area (Å²) in [6, 6.07) is 5.95. The van der Waals surface area contributed by atoms with Crippen LogP contribution in [0, 0.1) is 0 Å². The molecule has 0 saturated carbocycles. The Kier molecular flexibility index (Phi) is 4.39. The van der Waals surface area contributed by atoms with E-state index < -0.39 is 0 Å². The Labute approximate surface area is 94.1 Å². The Balaban J connectivity index is 2.82. The maximum absolute atomic E-state index is 10.1. The molecule has 0 aliphatic heterocycles. The lowest BCUT2D eigenvalue weighted by Gasteiger charge is -1.96. The molecule has 68 valence electrons. The monoisotopic (exact) mass is 302 g/mol. The lowest BCUT2D eigenvalue weighted by atomic mass is 10.2. The largest absolute Gasteiger partial charge is 0.303 e. The van der Waals surface area contributed by atoms with Gasteiger partial charge in [0.05, 0.1) is 0 Å². The molecule has 1 rings (SSSR count). The second-order valence-electron chi connectivity index (χ2n) is 2.51. The minimum atomic E-state index is 0.462. The van der Waals surface area contributed by atoms with E-state index in [0.29, 0.717) is 6.42 Å². The van der Waals surface area contributed by atoms with E-state index in [1.807, 2.05) is 30.4 Å². The van der Waals surface area contributed by atoms with Crippen LogP contribution in [0.25, 0.3) is 6.08 Å². The first-order valence-corrected chi connectivity index (χ1v) is 5.37. The van der Waals surface area contributed by atoms with E-state index >= 15 is 0 Å². The second kappa shape index (κ2) is 5.35. The summed E-state index contributed by atoms with van der Waals surface area (Å²) in [5.41, 5.74) is 1.07. The van der Waals surface area contributed by atoms with Gasteiger partial charge in [-0.25, -0.2) is 0 Å². The zero-order valence-electron chi connectivity index (χ0n) is 6.84. The minimum Gasteiger partial charge on any atom is -0.303 e. The second-order valence-corrected chi connectivity index (χ2v) is 4.34. The lowest BCUT2D eigenvalue weighted by Crippen LogP contribution is -1.74. The SMILES string of the molecule is O=CCC=Cc1cc(Br)cc(Br)c1. The molecule has 13 heavy (non-hydrogen) atoms. The van der Waals surface area contributed by atoms with Crippen LogP contribution in [0.3, 0.4) is 0 Å². The first-order chi connectivity index (χ1) is 6.22. The Bertz CT molecular complexity index is 311. The number of halogens is 2. The van der Waals surface area contributed by atoms with Crippen LogP contribution in [0.2, 0.25) is 0 Å². The number of benzene rings is 1. The maximum atomic E-state index is 10.1. The standard InChI is InChI=1S/C10H8Br2O/c11-9-5-8(3-1-2-4-13)6-10(12)7-9/h1,3-7H,2H2. The van der Waals surface area contributed by atoms with E-state index in [4.69, 9.17) is 0 Å². The Hall–Kier alpha value is -0.410. The maximum Gasteiger partial charge on any atom is 0.123 e. The summed E-state index contributed by atoms with van der Waals surface area (Å²) in [6.45, 7) is 0. The molecule has 0 fully saturated rings. The van der Waals surface area contributed by atoms with E-state index in [-0.39, 0.29) is 0 Å². The fourth-order valence-electron chi connectivity index (χ4n) is 0.931. The topological polar surface area (TPSA) is 17.1 Å². The third kappa shape index (κ3) is 3.87. The molecule has 0 heterocycles. The first kappa shape index (κ1) is 10.7. The van der Waals surface area contributed by atoms with Crippen LogP contribution in [0.1, 0.15) is 12.0 Å². The molecule has 0 aromatic heterocycles. The molecule has 0 bridgehead atoms. The molecule has 0 aliphatic rings. The normalized spacial score (nSPS) is 10.6. The molecule has 0 atom stereocenters. The highest BCUT2D eigenvalue weighted by atomic mass is 79.9. The van der Waals surface area contributed by atoms with Gasteiger partial charge in [-0.2, -0.15) is 0 Å². The average molecular weight is 304 g/mol. The number of allylic oxidation sites excluding steroid dienone is 1. The molecular formula is C10H8Br2O. The first-order valence-electron chi connectivity index (χ1n) is 3.78. The summed E-state index contributed by atoms with van der Waals surface area (Å²) < 4.78 is 2.04. The summed E-state index contributed by atoms with van der Waals surface area (Å²) in [5, 5.41) is 0. The molecule has 0 amide bonds. The van der Waals surface area contributed by atoms with Gasteiger partial charge in [0.15, 0.2) is 0 Å². The molecule has 0 saturated heterocycles. The van der Waals surface area contributed by atoms with Crippen molar-refractivity contribution in [2.75, 3.05) is 0 Å². The van der Waals surface area contributed by atoms with E-state index in [9.17, 15) is 4.79 Å². The molecule has 3 heteroatoms. The van der Waals surface area contributed by atoms with Crippen molar-refractivity contribution in [1.29, 1.82) is 0 Å². The minimum absolute atomic E-state index is 0.462. The highest BCUT2D eigenvalue weighted by Gasteiger charge is 1.93. The van der Waals surface area contributed by atoms with Crippen molar-refractivity contribution in [3.8, 4) is 0 Å². The smallest absolute Gasteiger partial charge is 0.123 e. The van der Waals surface area contributed by atoms with E-state index in [1.165, 1.54) is 0 Å². The van der Waals surface area contributed by atoms with Gasteiger partial charge in [0.25, 0.3) is 0 Å². The van der Waals surface area contributed by atoms with Gasteiger partial charge in [-0.15, -0.1) is 0 Å². The highest BCUT2D eigenvalue weighted by molar-refractivity contribution is 9.11. The van der Waals surface area contributed by atoms with Crippen molar-refractivity contribution >= 4 is 44.2 Å². The van der Waals surface area contributed by atoms with Gasteiger partial charge < -0.3 is 4.79 Å². The van der Waals surface area contributed by atoms with Crippen LogP contribution < -0.4 is 0 Å². The predicted octanol–water partition coefficient (Wildman–Crippen LogP) is 3.81. The molecular weight excluding hydrogens is 296 g/mol. The van der Waals surface area contributed by atoms with Gasteiger partial charge in [0.2, 0.25) is 0 Å². The van der Waals surface area contributed by atoms with Gasteiger partial charge >= 0.3 is 0 Å². The zero-order chi connectivity index (χ0) is 9.68. The van der Waals surface area contributed by atoms with Crippen LogP contribution in [0.15, 0.2) is 33.2 Å². The molecule has 1 nitrogen and oxygen atoms in total. The van der Waals surface area contributed by atoms with Crippen LogP contribution in [0.5, 0.6) is 0 Å². The van der Waals surface area contributed by atoms with Gasteiger partial charge in [-0.05, 0) is 23.8 Å². The van der Waals surface area contributed by atoms with Crippen LogP contribution >= 0.6 is 31.9 Å². The molecule has 0 spiro atoms. The fourth-order valence-corrected chi connectivity index (χ4v) is 2.26. The quantitative estimate of drug-likeness (QED) is 0.776. The predicted molar refractivity (Wildman–Crippen MR) is 61.6 cm³/mol. The number of carbonyl (C=O) groups is 1. The number of rotatable bonds is 3. The third-order valence-electron chi connectivity index (χ3n) is 1.43. The van der Waals surface area contributed by atoms with Gasteiger partial charge in [0, 0.05) is 15.4 Å². The summed E-state index contributed by atoms with van der Waals surface area (Å²) >= 11 is 6.78. The molecule has 1 aromatic rings. The number of carbonyl (C=O) groups excluding carboxylic acids is 1. The average Bonchev–Trinajstić information content (AvgIpc) is 2.03. The van der Waals surface area contributed by atoms with Gasteiger partial charge in [-0.1, -0.05) is 44.0 Å². The highest BCUT2D eigenvalue weighted by Crippen LogP contribution is 2.20. The summed E-state index contributed by atoms with van der Waals surface area (Å²) in [5.74, 6) is 0. The number of aldehydes is 1. The van der Waals surface area contributed by atoms with Crippen molar-refractivity contribution in [3.05, 3.63) is 38.8 Å². The van der Waals surface area contributed by atoms with Crippen LogP contribution in [-0.4, -0.2) is 6.29 Å². The lowest BCUT2D eigenvalue weighted by molar-refractivity contribution is -0.107. The van der Waals surface area contributed by atoms with E-state index in [0.717, 1.165) is 20.8 Å². The van der Waals surface area contributed by atoms with Gasteiger partial charge in [-0.3, -0.25) is 0 Å². The van der Waals surface area contributed by atoms with Crippen LogP contribution in [-0.2, 0) is 4.79 Å². The molecule has 0 unspecified atom stereocenters. The van der Waals surface area contributed by atoms with Crippen molar-refractivity contribution in [2.45, 2.75) is 6.42 Å². The summed E-state index contributed by atoms with van der Waals surface area (Å²) in [7, 11) is 0. The summed E-state index contributed by atoms with van der Waals surface area (Å²) in [4.78, 5) is 10.1. The fraction of sp³-hybridized carbons (Fsp3) is 0.100. The molecule has 1 aromatic carbocycles. The number of hydrogen-bond acceptors (Lipinski definition) is 1. The molecule has 0 aliphatic carbocycles. The Morgan fingerprint density at radius 2 is 1.77 bits per heavy atom. The zero-order valence-corrected chi connectivity index (χ0v) is 10.0. The van der Waals surface area contributed by atoms with Crippen molar-refractivity contribution in [1.82, 2.24) is 0 Å². The van der Waals surface area contributed by atoms with Crippen molar-refractivity contribution in [2.24, 2.45) is 0 Å². The van der Waals surface area contributed by atoms with E-state index in [1.54, 1.807) is 0 Å². The van der Waals surface area contributed by atoms with Gasteiger partial charge in [0.1, 0.15) is 6.29 Å². The molecule has 0 radical (unpaired) electrons. The third-order valence-corrected chi connectivity index (χ3v) is 2.34.